The Labute approximate surface area is 196 Å². The number of rotatable bonds is 5. The van der Waals surface area contributed by atoms with Gasteiger partial charge in [-0.25, -0.2) is 9.59 Å². The number of cyclic esters (lactones) is 1. The number of aromatic nitrogens is 2. The number of benzene rings is 2. The summed E-state index contributed by atoms with van der Waals surface area (Å²) in [5, 5.41) is 3.37. The van der Waals surface area contributed by atoms with E-state index in [-0.39, 0.29) is 29.0 Å². The molecule has 3 aromatic rings. The Morgan fingerprint density at radius 2 is 2.00 bits per heavy atom. The minimum Gasteiger partial charge on any atom is -0.444 e. The number of amides is 2. The van der Waals surface area contributed by atoms with Crippen molar-refractivity contribution in [3.05, 3.63) is 62.3 Å². The molecule has 1 saturated heterocycles. The largest absolute Gasteiger partial charge is 0.444 e. The molecule has 3 heterocycles. The van der Waals surface area contributed by atoms with Crippen LogP contribution in [-0.4, -0.2) is 40.0 Å². The van der Waals surface area contributed by atoms with Crippen LogP contribution in [0.3, 0.4) is 0 Å². The van der Waals surface area contributed by atoms with Crippen LogP contribution in [0.15, 0.2) is 50.9 Å². The second-order valence-electron chi connectivity index (χ2n) is 7.83. The number of nitrogens with one attached hydrogen (secondary N) is 2. The van der Waals surface area contributed by atoms with E-state index in [4.69, 9.17) is 16.3 Å². The third-order valence-corrected chi connectivity index (χ3v) is 7.04. The minimum absolute atomic E-state index is 0.0771. The zero-order valence-electron chi connectivity index (χ0n) is 17.3. The summed E-state index contributed by atoms with van der Waals surface area (Å²) in [7, 11) is 0. The normalized spacial score (nSPS) is 17.7. The van der Waals surface area contributed by atoms with Crippen molar-refractivity contribution in [2.45, 2.75) is 30.4 Å². The molecule has 2 aliphatic rings. The molecule has 0 saturated carbocycles. The Morgan fingerprint density at radius 1 is 1.15 bits per heavy atom. The molecule has 0 radical (unpaired) electrons. The first kappa shape index (κ1) is 21.6. The summed E-state index contributed by atoms with van der Waals surface area (Å²) in [4.78, 5) is 54.4. The maximum absolute atomic E-state index is 12.8. The molecule has 9 nitrogen and oxygen atoms in total. The van der Waals surface area contributed by atoms with Gasteiger partial charge in [0.25, 0.3) is 5.56 Å². The summed E-state index contributed by atoms with van der Waals surface area (Å²) in [6.45, 7) is 0.513. The zero-order valence-corrected chi connectivity index (χ0v) is 18.9. The van der Waals surface area contributed by atoms with Crippen LogP contribution in [-0.2, 0) is 16.1 Å². The second-order valence-corrected chi connectivity index (χ2v) is 9.25. The lowest BCUT2D eigenvalue weighted by Gasteiger charge is -2.20. The van der Waals surface area contributed by atoms with E-state index in [0.29, 0.717) is 42.0 Å². The van der Waals surface area contributed by atoms with Gasteiger partial charge in [-0.15, -0.1) is 11.8 Å². The van der Waals surface area contributed by atoms with Gasteiger partial charge in [-0.3, -0.25) is 19.1 Å². The van der Waals surface area contributed by atoms with Crippen LogP contribution in [0.4, 0.5) is 16.2 Å². The number of hydrogen-bond donors (Lipinski definition) is 2. The molecule has 11 heteroatoms. The Kier molecular flexibility index (Phi) is 5.63. The number of fused-ring (bicyclic) bond motifs is 2. The van der Waals surface area contributed by atoms with Crippen molar-refractivity contribution in [3.8, 4) is 0 Å². The highest BCUT2D eigenvalue weighted by Crippen LogP contribution is 2.35. The van der Waals surface area contributed by atoms with Crippen molar-refractivity contribution < 1.29 is 14.3 Å². The van der Waals surface area contributed by atoms with Crippen molar-refractivity contribution in [2.75, 3.05) is 22.5 Å². The average Bonchev–Trinajstić information content (AvgIpc) is 3.15. The number of H-pyrrole nitrogens is 1. The second kappa shape index (κ2) is 8.60. The fourth-order valence-electron chi connectivity index (χ4n) is 4.06. The van der Waals surface area contributed by atoms with Crippen LogP contribution in [0.25, 0.3) is 10.9 Å². The van der Waals surface area contributed by atoms with Gasteiger partial charge < -0.3 is 15.0 Å². The summed E-state index contributed by atoms with van der Waals surface area (Å²) in [6, 6.07) is 10.4. The zero-order chi connectivity index (χ0) is 23.1. The molecule has 2 aliphatic heterocycles. The molecule has 0 aliphatic carbocycles. The number of hydrogen-bond acceptors (Lipinski definition) is 6. The molecule has 1 fully saturated rings. The van der Waals surface area contributed by atoms with Crippen LogP contribution in [0, 0.1) is 0 Å². The van der Waals surface area contributed by atoms with Crippen molar-refractivity contribution in [2.24, 2.45) is 0 Å². The highest BCUT2D eigenvalue weighted by atomic mass is 35.5. The Balaban J connectivity index is 1.26. The Morgan fingerprint density at radius 3 is 2.85 bits per heavy atom. The highest BCUT2D eigenvalue weighted by molar-refractivity contribution is 8.00. The summed E-state index contributed by atoms with van der Waals surface area (Å²) in [6.07, 6.45) is 0.0898. The first-order valence-electron chi connectivity index (χ1n) is 10.4. The summed E-state index contributed by atoms with van der Waals surface area (Å²) < 4.78 is 6.60. The van der Waals surface area contributed by atoms with Crippen LogP contribution in [0.2, 0.25) is 5.02 Å². The molecule has 0 spiro atoms. The molecule has 2 amide bonds. The van der Waals surface area contributed by atoms with E-state index >= 15 is 0 Å². The minimum atomic E-state index is -0.506. The van der Waals surface area contributed by atoms with Crippen LogP contribution < -0.4 is 21.5 Å². The van der Waals surface area contributed by atoms with Gasteiger partial charge in [-0.05, 0) is 43.2 Å². The molecule has 33 heavy (non-hydrogen) atoms. The topological polar surface area (TPSA) is 114 Å². The smallest absolute Gasteiger partial charge is 0.414 e. The predicted molar refractivity (Wildman–Crippen MR) is 126 cm³/mol. The van der Waals surface area contributed by atoms with Crippen molar-refractivity contribution in [3.63, 3.8) is 0 Å². The molecule has 0 unspecified atom stereocenters. The highest BCUT2D eigenvalue weighted by Gasteiger charge is 2.32. The van der Waals surface area contributed by atoms with E-state index in [0.717, 1.165) is 9.46 Å². The predicted octanol–water partition coefficient (Wildman–Crippen LogP) is 3.19. The monoisotopic (exact) mass is 486 g/mol. The number of carbonyl (C=O) groups excluding carboxylic acids is 2. The third kappa shape index (κ3) is 4.11. The van der Waals surface area contributed by atoms with Gasteiger partial charge in [0.1, 0.15) is 6.10 Å². The lowest BCUT2D eigenvalue weighted by Crippen LogP contribution is -2.35. The fourth-order valence-corrected chi connectivity index (χ4v) is 5.10. The van der Waals surface area contributed by atoms with E-state index in [2.05, 4.69) is 10.3 Å². The number of ether oxygens (including phenoxy) is 1. The lowest BCUT2D eigenvalue weighted by atomic mass is 10.2. The van der Waals surface area contributed by atoms with Crippen molar-refractivity contribution >= 4 is 57.6 Å². The molecular weight excluding hydrogens is 468 g/mol. The van der Waals surface area contributed by atoms with Gasteiger partial charge in [0, 0.05) is 17.1 Å². The number of halogens is 1. The van der Waals surface area contributed by atoms with Gasteiger partial charge in [-0.1, -0.05) is 17.7 Å². The van der Waals surface area contributed by atoms with Gasteiger partial charge in [0.05, 0.1) is 33.9 Å². The summed E-state index contributed by atoms with van der Waals surface area (Å²) >= 11 is 7.60. The van der Waals surface area contributed by atoms with Crippen LogP contribution in [0.1, 0.15) is 12.8 Å². The first-order chi connectivity index (χ1) is 15.9. The Bertz CT molecular complexity index is 1400. The van der Waals surface area contributed by atoms with Crippen LogP contribution >= 0.6 is 23.4 Å². The van der Waals surface area contributed by atoms with Gasteiger partial charge in [0.2, 0.25) is 5.91 Å². The standard InChI is InChI=1S/C22H19ClN4O5S/c23-14-4-1-5-15-19(14)20(29)26(21(30)25-15)8-2-3-13-10-27(22(31)32-13)12-6-7-17-16(9-12)24-18(28)11-33-17/h1,4-7,9,13H,2-3,8,10-11H2,(H,24,28)(H,25,30)/t13-/m1/s1. The SMILES string of the molecule is O=C1CSc2ccc(N3C[C@@H](CCCn4c(=O)[nH]c5cccc(Cl)c5c4=O)OC3=O)cc2N1. The fraction of sp³-hybridized carbons (Fsp3) is 0.273. The molecule has 2 N–H and O–H groups in total. The average molecular weight is 487 g/mol. The maximum Gasteiger partial charge on any atom is 0.414 e. The first-order valence-corrected chi connectivity index (χ1v) is 11.7. The maximum atomic E-state index is 12.8. The molecule has 1 aromatic heterocycles. The quantitative estimate of drug-likeness (QED) is 0.572. The number of anilines is 2. The molecule has 1 atom stereocenters. The van der Waals surface area contributed by atoms with E-state index in [9.17, 15) is 19.2 Å². The Hall–Kier alpha value is -3.24. The van der Waals surface area contributed by atoms with Crippen LogP contribution in [0.5, 0.6) is 0 Å². The molecule has 170 valence electrons. The molecule has 2 aromatic carbocycles. The van der Waals surface area contributed by atoms with Crippen molar-refractivity contribution in [1.82, 2.24) is 9.55 Å². The third-order valence-electron chi connectivity index (χ3n) is 5.65. The van der Waals surface area contributed by atoms with Gasteiger partial charge in [0.15, 0.2) is 0 Å². The van der Waals surface area contributed by atoms with E-state index < -0.39 is 17.3 Å². The van der Waals surface area contributed by atoms with Gasteiger partial charge >= 0.3 is 11.8 Å². The lowest BCUT2D eigenvalue weighted by molar-refractivity contribution is -0.113. The number of thioether (sulfide) groups is 1. The molecule has 5 rings (SSSR count). The summed E-state index contributed by atoms with van der Waals surface area (Å²) in [5.41, 5.74) is 0.764. The van der Waals surface area contributed by atoms with Crippen molar-refractivity contribution in [1.29, 1.82) is 0 Å². The number of aromatic amines is 1. The number of nitrogens with zero attached hydrogens (tertiary/aromatic N) is 2. The van der Waals surface area contributed by atoms with E-state index in [1.54, 1.807) is 24.3 Å². The van der Waals surface area contributed by atoms with E-state index in [1.807, 2.05) is 12.1 Å². The number of carbonyl (C=O) groups is 2. The summed E-state index contributed by atoms with van der Waals surface area (Å²) in [5.74, 6) is 0.293. The molecular formula is C22H19ClN4O5S. The van der Waals surface area contributed by atoms with E-state index in [1.165, 1.54) is 16.7 Å². The molecule has 0 bridgehead atoms. The van der Waals surface area contributed by atoms with Gasteiger partial charge in [-0.2, -0.15) is 0 Å².